The first-order valence-corrected chi connectivity index (χ1v) is 4.04. The van der Waals surface area contributed by atoms with Gasteiger partial charge in [0.15, 0.2) is 0 Å². The second-order valence-electron chi connectivity index (χ2n) is 3.17. The molecule has 0 amide bonds. The van der Waals surface area contributed by atoms with E-state index < -0.39 is 7.12 Å². The van der Waals surface area contributed by atoms with Crippen LogP contribution < -0.4 is 0 Å². The molecule has 0 saturated carbocycles. The fraction of sp³-hybridized carbons (Fsp3) is 0.500. The SMILES string of the molecule is CN(C)C1=CC=C(B(O)O)CC1. The maximum absolute atomic E-state index is 8.85. The molecular formula is C8H14BNO2. The van der Waals surface area contributed by atoms with Crippen LogP contribution in [0.15, 0.2) is 23.3 Å². The van der Waals surface area contributed by atoms with Gasteiger partial charge in [-0.1, -0.05) is 6.08 Å². The van der Waals surface area contributed by atoms with E-state index in [4.69, 9.17) is 10.0 Å². The number of rotatable bonds is 2. The topological polar surface area (TPSA) is 43.7 Å². The van der Waals surface area contributed by atoms with E-state index in [0.717, 1.165) is 12.8 Å². The van der Waals surface area contributed by atoms with Gasteiger partial charge in [0.05, 0.1) is 0 Å². The summed E-state index contributed by atoms with van der Waals surface area (Å²) in [5.41, 5.74) is 1.92. The first-order valence-electron chi connectivity index (χ1n) is 4.04. The van der Waals surface area contributed by atoms with Crippen LogP contribution in [0, 0.1) is 0 Å². The summed E-state index contributed by atoms with van der Waals surface area (Å²) in [6.45, 7) is 0. The number of allylic oxidation sites excluding steroid dienone is 4. The van der Waals surface area contributed by atoms with Crippen LogP contribution in [0.25, 0.3) is 0 Å². The quantitative estimate of drug-likeness (QED) is 0.576. The van der Waals surface area contributed by atoms with Gasteiger partial charge < -0.3 is 14.9 Å². The highest BCUT2D eigenvalue weighted by molar-refractivity contribution is 6.50. The molecule has 0 aromatic rings. The highest BCUT2D eigenvalue weighted by Gasteiger charge is 2.17. The third kappa shape index (κ3) is 2.12. The molecule has 0 saturated heterocycles. The lowest BCUT2D eigenvalue weighted by Gasteiger charge is -2.20. The lowest BCUT2D eigenvalue weighted by Crippen LogP contribution is -2.19. The summed E-state index contributed by atoms with van der Waals surface area (Å²) in [6.07, 6.45) is 5.33. The van der Waals surface area contributed by atoms with E-state index in [0.29, 0.717) is 5.47 Å². The lowest BCUT2D eigenvalue weighted by molar-refractivity contribution is 0.413. The van der Waals surface area contributed by atoms with Crippen molar-refractivity contribution in [2.75, 3.05) is 14.1 Å². The molecule has 0 radical (unpaired) electrons. The molecule has 66 valence electrons. The van der Waals surface area contributed by atoms with Crippen molar-refractivity contribution < 1.29 is 10.0 Å². The van der Waals surface area contributed by atoms with Crippen molar-refractivity contribution in [3.8, 4) is 0 Å². The van der Waals surface area contributed by atoms with Crippen molar-refractivity contribution in [3.05, 3.63) is 23.3 Å². The maximum atomic E-state index is 8.85. The van der Waals surface area contributed by atoms with Gasteiger partial charge in [-0.15, -0.1) is 0 Å². The third-order valence-corrected chi connectivity index (χ3v) is 2.07. The van der Waals surface area contributed by atoms with Gasteiger partial charge in [0.2, 0.25) is 0 Å². The molecule has 4 heteroatoms. The smallest absolute Gasteiger partial charge is 0.423 e. The van der Waals surface area contributed by atoms with E-state index in [1.165, 1.54) is 5.70 Å². The van der Waals surface area contributed by atoms with Crippen molar-refractivity contribution in [3.63, 3.8) is 0 Å². The third-order valence-electron chi connectivity index (χ3n) is 2.07. The predicted octanol–water partition coefficient (Wildman–Crippen LogP) is 0.164. The van der Waals surface area contributed by atoms with Gasteiger partial charge >= 0.3 is 7.12 Å². The Balaban J connectivity index is 2.66. The monoisotopic (exact) mass is 167 g/mol. The maximum Gasteiger partial charge on any atom is 0.484 e. The minimum Gasteiger partial charge on any atom is -0.423 e. The van der Waals surface area contributed by atoms with Crippen LogP contribution in [0.5, 0.6) is 0 Å². The molecule has 0 atom stereocenters. The van der Waals surface area contributed by atoms with E-state index in [1.807, 2.05) is 25.1 Å². The van der Waals surface area contributed by atoms with Crippen LogP contribution in [0.4, 0.5) is 0 Å². The van der Waals surface area contributed by atoms with E-state index in [-0.39, 0.29) is 0 Å². The summed E-state index contributed by atoms with van der Waals surface area (Å²) in [7, 11) is 2.69. The summed E-state index contributed by atoms with van der Waals surface area (Å²) in [5, 5.41) is 17.7. The van der Waals surface area contributed by atoms with Gasteiger partial charge in [-0.2, -0.15) is 0 Å². The lowest BCUT2D eigenvalue weighted by atomic mass is 9.74. The van der Waals surface area contributed by atoms with E-state index in [9.17, 15) is 0 Å². The molecule has 0 unspecified atom stereocenters. The van der Waals surface area contributed by atoms with Crippen LogP contribution in [-0.4, -0.2) is 36.2 Å². The summed E-state index contributed by atoms with van der Waals surface area (Å²) in [6, 6.07) is 0. The van der Waals surface area contributed by atoms with Gasteiger partial charge in [0.25, 0.3) is 0 Å². The minimum atomic E-state index is -1.29. The Labute approximate surface area is 73.1 Å². The van der Waals surface area contributed by atoms with E-state index in [2.05, 4.69) is 0 Å². The Morgan fingerprint density at radius 1 is 1.25 bits per heavy atom. The van der Waals surface area contributed by atoms with Gasteiger partial charge in [-0.25, -0.2) is 0 Å². The average molecular weight is 167 g/mol. The molecule has 0 aromatic heterocycles. The van der Waals surface area contributed by atoms with Crippen molar-refractivity contribution >= 4 is 7.12 Å². The highest BCUT2D eigenvalue weighted by atomic mass is 16.4. The molecule has 1 aliphatic rings. The molecule has 1 rings (SSSR count). The molecular weight excluding hydrogens is 153 g/mol. The molecule has 0 bridgehead atoms. The Bertz CT molecular complexity index is 197. The highest BCUT2D eigenvalue weighted by Crippen LogP contribution is 2.19. The van der Waals surface area contributed by atoms with Gasteiger partial charge in [0.1, 0.15) is 0 Å². The molecule has 0 spiro atoms. The van der Waals surface area contributed by atoms with Crippen LogP contribution in [0.3, 0.4) is 0 Å². The Morgan fingerprint density at radius 3 is 2.25 bits per heavy atom. The van der Waals surface area contributed by atoms with Crippen molar-refractivity contribution in [1.82, 2.24) is 4.90 Å². The fourth-order valence-corrected chi connectivity index (χ4v) is 1.23. The van der Waals surface area contributed by atoms with Gasteiger partial charge in [-0.05, 0) is 24.4 Å². The fourth-order valence-electron chi connectivity index (χ4n) is 1.23. The second-order valence-corrected chi connectivity index (χ2v) is 3.17. The second kappa shape index (κ2) is 3.78. The van der Waals surface area contributed by atoms with Gasteiger partial charge in [0, 0.05) is 19.8 Å². The van der Waals surface area contributed by atoms with Crippen molar-refractivity contribution in [2.24, 2.45) is 0 Å². The molecule has 1 aliphatic carbocycles. The summed E-state index contributed by atoms with van der Waals surface area (Å²) < 4.78 is 0. The first kappa shape index (κ1) is 9.35. The number of nitrogens with zero attached hydrogens (tertiary/aromatic N) is 1. The largest absolute Gasteiger partial charge is 0.484 e. The Morgan fingerprint density at radius 2 is 1.92 bits per heavy atom. The molecule has 0 fully saturated rings. The van der Waals surface area contributed by atoms with Crippen LogP contribution in [0.2, 0.25) is 0 Å². The van der Waals surface area contributed by atoms with Crippen molar-refractivity contribution in [2.45, 2.75) is 12.8 Å². The summed E-state index contributed by atoms with van der Waals surface area (Å²) >= 11 is 0. The zero-order valence-electron chi connectivity index (χ0n) is 7.49. The summed E-state index contributed by atoms with van der Waals surface area (Å²) in [5.74, 6) is 0. The van der Waals surface area contributed by atoms with Crippen LogP contribution >= 0.6 is 0 Å². The van der Waals surface area contributed by atoms with Crippen LogP contribution in [-0.2, 0) is 0 Å². The van der Waals surface area contributed by atoms with E-state index in [1.54, 1.807) is 6.08 Å². The number of hydrogen-bond donors (Lipinski definition) is 2. The minimum absolute atomic E-state index is 0.695. The normalized spacial score (nSPS) is 16.7. The molecule has 3 nitrogen and oxygen atoms in total. The van der Waals surface area contributed by atoms with Gasteiger partial charge in [-0.3, -0.25) is 0 Å². The standard InChI is InChI=1S/C8H14BNO2/c1-10(2)8-5-3-7(4-6-8)9(11)12/h3,5,11-12H,4,6H2,1-2H3. The zero-order valence-corrected chi connectivity index (χ0v) is 7.49. The van der Waals surface area contributed by atoms with Crippen molar-refractivity contribution in [1.29, 1.82) is 0 Å². The molecule has 0 heterocycles. The molecule has 0 aromatic carbocycles. The Kier molecular flexibility index (Phi) is 2.95. The zero-order chi connectivity index (χ0) is 9.14. The Hall–Kier alpha value is -0.735. The predicted molar refractivity (Wildman–Crippen MR) is 49.3 cm³/mol. The molecule has 12 heavy (non-hydrogen) atoms. The average Bonchev–Trinajstić information content (AvgIpc) is 2.04. The van der Waals surface area contributed by atoms with Crippen LogP contribution in [0.1, 0.15) is 12.8 Å². The first-order chi connectivity index (χ1) is 5.61. The summed E-state index contributed by atoms with van der Waals surface area (Å²) in [4.78, 5) is 2.04. The molecule has 2 N–H and O–H groups in total. The van der Waals surface area contributed by atoms with E-state index >= 15 is 0 Å². The number of hydrogen-bond acceptors (Lipinski definition) is 3. The molecule has 0 aliphatic heterocycles.